The van der Waals surface area contributed by atoms with Crippen LogP contribution in [0.4, 0.5) is 0 Å². The van der Waals surface area contributed by atoms with Crippen LogP contribution in [0.15, 0.2) is 91.0 Å². The van der Waals surface area contributed by atoms with Crippen molar-refractivity contribution >= 4 is 11.7 Å². The molecule has 0 heterocycles. The van der Waals surface area contributed by atoms with E-state index in [-0.39, 0.29) is 18.3 Å². The van der Waals surface area contributed by atoms with Crippen LogP contribution >= 0.6 is 0 Å². The van der Waals surface area contributed by atoms with Gasteiger partial charge in [0.1, 0.15) is 6.61 Å². The number of carbonyl (C=O) groups is 2. The van der Waals surface area contributed by atoms with Crippen molar-refractivity contribution in [2.75, 3.05) is 6.61 Å². The summed E-state index contributed by atoms with van der Waals surface area (Å²) in [7, 11) is 0. The second-order valence-electron chi connectivity index (χ2n) is 8.16. The summed E-state index contributed by atoms with van der Waals surface area (Å²) in [4.78, 5) is 25.7. The SMILES string of the molecule is NC(CCc1ccccc1)C(=O)NC(CCc1ccccc1)C(=O)COCc1ccccc1. The monoisotopic (exact) mass is 444 g/mol. The van der Waals surface area contributed by atoms with Crippen molar-refractivity contribution in [3.05, 3.63) is 108 Å². The Morgan fingerprint density at radius 1 is 0.727 bits per heavy atom. The molecule has 0 saturated carbocycles. The van der Waals surface area contributed by atoms with E-state index >= 15 is 0 Å². The van der Waals surface area contributed by atoms with Gasteiger partial charge in [0, 0.05) is 0 Å². The Morgan fingerprint density at radius 3 is 1.76 bits per heavy atom. The van der Waals surface area contributed by atoms with Crippen LogP contribution in [0.3, 0.4) is 0 Å². The van der Waals surface area contributed by atoms with Crippen molar-refractivity contribution in [2.24, 2.45) is 5.73 Å². The molecule has 3 rings (SSSR count). The molecular weight excluding hydrogens is 412 g/mol. The summed E-state index contributed by atoms with van der Waals surface area (Å²) in [6.07, 6.45) is 2.39. The second-order valence-corrected chi connectivity index (χ2v) is 8.16. The van der Waals surface area contributed by atoms with E-state index in [1.165, 1.54) is 0 Å². The van der Waals surface area contributed by atoms with Crippen LogP contribution in [-0.2, 0) is 33.8 Å². The topological polar surface area (TPSA) is 81.4 Å². The number of hydrogen-bond donors (Lipinski definition) is 2. The van der Waals surface area contributed by atoms with Gasteiger partial charge in [0.05, 0.1) is 18.7 Å². The van der Waals surface area contributed by atoms with Gasteiger partial charge in [0.15, 0.2) is 5.78 Å². The molecule has 3 aromatic carbocycles. The van der Waals surface area contributed by atoms with E-state index in [0.717, 1.165) is 16.7 Å². The van der Waals surface area contributed by atoms with Gasteiger partial charge in [-0.2, -0.15) is 0 Å². The number of nitrogens with one attached hydrogen (secondary N) is 1. The lowest BCUT2D eigenvalue weighted by Crippen LogP contribution is -2.49. The van der Waals surface area contributed by atoms with E-state index in [1.807, 2.05) is 91.0 Å². The summed E-state index contributed by atoms with van der Waals surface area (Å²) in [6.45, 7) is 0.288. The predicted molar refractivity (Wildman–Crippen MR) is 131 cm³/mol. The number of rotatable bonds is 13. The first kappa shape index (κ1) is 24.4. The summed E-state index contributed by atoms with van der Waals surface area (Å²) >= 11 is 0. The minimum atomic E-state index is -0.678. The van der Waals surface area contributed by atoms with Gasteiger partial charge in [-0.3, -0.25) is 9.59 Å². The molecule has 2 unspecified atom stereocenters. The molecule has 0 aliphatic heterocycles. The van der Waals surface area contributed by atoms with Crippen LogP contribution < -0.4 is 11.1 Å². The van der Waals surface area contributed by atoms with Crippen LogP contribution in [0.5, 0.6) is 0 Å². The van der Waals surface area contributed by atoms with E-state index in [0.29, 0.717) is 32.3 Å². The standard InChI is InChI=1S/C28H32N2O3/c29-25(18-16-22-10-4-1-5-11-22)28(32)30-26(19-17-23-12-6-2-7-13-23)27(31)21-33-20-24-14-8-3-9-15-24/h1-15,25-26H,16-21,29H2,(H,30,32). The fraction of sp³-hybridized carbons (Fsp3) is 0.286. The highest BCUT2D eigenvalue weighted by Crippen LogP contribution is 2.09. The first-order chi connectivity index (χ1) is 16.1. The number of ether oxygens (including phenoxy) is 1. The number of amides is 1. The molecule has 0 aromatic heterocycles. The van der Waals surface area contributed by atoms with E-state index < -0.39 is 12.1 Å². The fourth-order valence-electron chi connectivity index (χ4n) is 3.59. The largest absolute Gasteiger partial charge is 0.369 e. The van der Waals surface area contributed by atoms with Gasteiger partial charge in [-0.25, -0.2) is 0 Å². The lowest BCUT2D eigenvalue weighted by Gasteiger charge is -2.20. The van der Waals surface area contributed by atoms with Crippen LogP contribution in [0.25, 0.3) is 0 Å². The van der Waals surface area contributed by atoms with Gasteiger partial charge < -0.3 is 15.8 Å². The lowest BCUT2D eigenvalue weighted by atomic mass is 10.0. The maximum Gasteiger partial charge on any atom is 0.237 e. The Kier molecular flexibility index (Phi) is 9.83. The average Bonchev–Trinajstić information content (AvgIpc) is 2.86. The zero-order valence-corrected chi connectivity index (χ0v) is 18.9. The average molecular weight is 445 g/mol. The number of ketones is 1. The molecule has 0 radical (unpaired) electrons. The highest BCUT2D eigenvalue weighted by molar-refractivity contribution is 5.91. The fourth-order valence-corrected chi connectivity index (χ4v) is 3.59. The van der Waals surface area contributed by atoms with Gasteiger partial charge in [-0.15, -0.1) is 0 Å². The molecule has 5 nitrogen and oxygen atoms in total. The molecule has 3 N–H and O–H groups in total. The van der Waals surface area contributed by atoms with E-state index in [2.05, 4.69) is 5.32 Å². The summed E-state index contributed by atoms with van der Waals surface area (Å²) in [5.41, 5.74) is 9.39. The Bertz CT molecular complexity index is 978. The first-order valence-corrected chi connectivity index (χ1v) is 11.4. The lowest BCUT2D eigenvalue weighted by molar-refractivity contribution is -0.131. The van der Waals surface area contributed by atoms with Crippen molar-refractivity contribution in [2.45, 2.75) is 44.4 Å². The summed E-state index contributed by atoms with van der Waals surface area (Å²) in [6, 6.07) is 28.2. The maximum atomic E-state index is 12.9. The number of aryl methyl sites for hydroxylation is 2. The Morgan fingerprint density at radius 2 is 1.21 bits per heavy atom. The third kappa shape index (κ3) is 8.64. The summed E-state index contributed by atoms with van der Waals surface area (Å²) < 4.78 is 5.63. The number of Topliss-reactive ketones (excluding diaryl/α,β-unsaturated/α-hetero) is 1. The molecule has 0 aliphatic rings. The normalized spacial score (nSPS) is 12.6. The smallest absolute Gasteiger partial charge is 0.237 e. The number of carbonyl (C=O) groups excluding carboxylic acids is 2. The molecule has 172 valence electrons. The molecule has 1 amide bonds. The van der Waals surface area contributed by atoms with Crippen molar-refractivity contribution in [3.63, 3.8) is 0 Å². The molecule has 0 aliphatic carbocycles. The van der Waals surface area contributed by atoms with Gasteiger partial charge >= 0.3 is 0 Å². The molecule has 33 heavy (non-hydrogen) atoms. The Hall–Kier alpha value is -3.28. The Balaban J connectivity index is 1.55. The number of benzene rings is 3. The highest BCUT2D eigenvalue weighted by Gasteiger charge is 2.23. The van der Waals surface area contributed by atoms with E-state index in [4.69, 9.17) is 10.5 Å². The second kappa shape index (κ2) is 13.3. The molecule has 0 spiro atoms. The third-order valence-corrected chi connectivity index (χ3v) is 5.55. The van der Waals surface area contributed by atoms with Crippen LogP contribution in [-0.4, -0.2) is 30.4 Å². The zero-order chi connectivity index (χ0) is 23.3. The van der Waals surface area contributed by atoms with Gasteiger partial charge in [0.2, 0.25) is 5.91 Å². The predicted octanol–water partition coefficient (Wildman–Crippen LogP) is 3.85. The van der Waals surface area contributed by atoms with Crippen LogP contribution in [0.1, 0.15) is 29.5 Å². The highest BCUT2D eigenvalue weighted by atomic mass is 16.5. The van der Waals surface area contributed by atoms with Crippen molar-refractivity contribution in [1.82, 2.24) is 5.32 Å². The quantitative estimate of drug-likeness (QED) is 0.420. The van der Waals surface area contributed by atoms with Gasteiger partial charge in [-0.05, 0) is 42.4 Å². The molecule has 0 fully saturated rings. The summed E-state index contributed by atoms with van der Waals surface area (Å²) in [5.74, 6) is -0.453. The van der Waals surface area contributed by atoms with Crippen molar-refractivity contribution in [3.8, 4) is 0 Å². The minimum Gasteiger partial charge on any atom is -0.369 e. The molecule has 0 saturated heterocycles. The number of nitrogens with two attached hydrogens (primary N) is 1. The molecule has 0 bridgehead atoms. The van der Waals surface area contributed by atoms with Crippen LogP contribution in [0, 0.1) is 0 Å². The van der Waals surface area contributed by atoms with E-state index in [1.54, 1.807) is 0 Å². The first-order valence-electron chi connectivity index (χ1n) is 11.4. The zero-order valence-electron chi connectivity index (χ0n) is 18.9. The Labute approximate surface area is 196 Å². The number of hydrogen-bond acceptors (Lipinski definition) is 4. The van der Waals surface area contributed by atoms with Crippen LogP contribution in [0.2, 0.25) is 0 Å². The molecule has 2 atom stereocenters. The van der Waals surface area contributed by atoms with Gasteiger partial charge in [-0.1, -0.05) is 91.0 Å². The summed E-state index contributed by atoms with van der Waals surface area (Å²) in [5, 5.41) is 2.88. The molecule has 5 heteroatoms. The van der Waals surface area contributed by atoms with Crippen molar-refractivity contribution in [1.29, 1.82) is 0 Å². The van der Waals surface area contributed by atoms with Crippen molar-refractivity contribution < 1.29 is 14.3 Å². The van der Waals surface area contributed by atoms with E-state index in [9.17, 15) is 9.59 Å². The molecule has 3 aromatic rings. The third-order valence-electron chi connectivity index (χ3n) is 5.55. The maximum absolute atomic E-state index is 12.9. The molecular formula is C28H32N2O3. The van der Waals surface area contributed by atoms with Gasteiger partial charge in [0.25, 0.3) is 0 Å². The minimum absolute atomic E-state index is 0.0616.